The van der Waals surface area contributed by atoms with E-state index >= 15 is 0 Å². The molecule has 0 aliphatic heterocycles. The van der Waals surface area contributed by atoms with Crippen LogP contribution in [0.5, 0.6) is 0 Å². The van der Waals surface area contributed by atoms with Gasteiger partial charge in [-0.1, -0.05) is 18.2 Å². The minimum atomic E-state index is -1.06. The van der Waals surface area contributed by atoms with Crippen LogP contribution in [-0.2, 0) is 10.5 Å². The van der Waals surface area contributed by atoms with Crippen molar-refractivity contribution in [2.45, 2.75) is 11.8 Å². The predicted octanol–water partition coefficient (Wildman–Crippen LogP) is 3.17. The monoisotopic (exact) mass is 321 g/mol. The molecular formula is C15H15NO3S2. The van der Waals surface area contributed by atoms with Crippen molar-refractivity contribution < 1.29 is 14.7 Å². The highest BCUT2D eigenvalue weighted by Crippen LogP contribution is 2.20. The van der Waals surface area contributed by atoms with Gasteiger partial charge in [-0.15, -0.1) is 11.3 Å². The maximum absolute atomic E-state index is 12.1. The lowest BCUT2D eigenvalue weighted by Crippen LogP contribution is -2.33. The highest BCUT2D eigenvalue weighted by atomic mass is 32.2. The number of carbonyl (C=O) groups is 2. The molecule has 2 aromatic rings. The van der Waals surface area contributed by atoms with Crippen LogP contribution in [0.4, 0.5) is 0 Å². The van der Waals surface area contributed by atoms with Crippen molar-refractivity contribution in [3.63, 3.8) is 0 Å². The number of hydrogen-bond acceptors (Lipinski definition) is 4. The Kier molecular flexibility index (Phi) is 5.41. The molecule has 6 heteroatoms. The molecule has 0 fully saturated rings. The lowest BCUT2D eigenvalue weighted by atomic mass is 10.1. The van der Waals surface area contributed by atoms with Gasteiger partial charge in [-0.05, 0) is 35.4 Å². The van der Waals surface area contributed by atoms with Crippen molar-refractivity contribution in [1.29, 1.82) is 0 Å². The smallest absolute Gasteiger partial charge is 0.331 e. The fourth-order valence-corrected chi connectivity index (χ4v) is 3.14. The zero-order valence-electron chi connectivity index (χ0n) is 11.4. The van der Waals surface area contributed by atoms with E-state index < -0.39 is 12.0 Å². The lowest BCUT2D eigenvalue weighted by Gasteiger charge is -2.13. The summed E-state index contributed by atoms with van der Waals surface area (Å²) in [4.78, 5) is 24.0. The topological polar surface area (TPSA) is 66.4 Å². The number of amides is 1. The molecule has 0 aliphatic rings. The van der Waals surface area contributed by atoms with Gasteiger partial charge in [0.2, 0.25) is 0 Å². The summed E-state index contributed by atoms with van der Waals surface area (Å²) in [7, 11) is 0. The third-order valence-electron chi connectivity index (χ3n) is 2.88. The van der Waals surface area contributed by atoms with Crippen LogP contribution < -0.4 is 5.32 Å². The summed E-state index contributed by atoms with van der Waals surface area (Å²) in [6.45, 7) is 0. The molecule has 2 N–H and O–H groups in total. The zero-order valence-corrected chi connectivity index (χ0v) is 13.0. The Hall–Kier alpha value is -1.79. The molecule has 0 bridgehead atoms. The van der Waals surface area contributed by atoms with E-state index in [-0.39, 0.29) is 5.91 Å². The summed E-state index contributed by atoms with van der Waals surface area (Å²) in [5.74, 6) is -0.564. The van der Waals surface area contributed by atoms with Crippen molar-refractivity contribution in [1.82, 2.24) is 5.32 Å². The summed E-state index contributed by atoms with van der Waals surface area (Å²) >= 11 is 3.01. The normalized spacial score (nSPS) is 11.9. The summed E-state index contributed by atoms with van der Waals surface area (Å²) < 4.78 is 0. The molecule has 1 atom stereocenters. The molecule has 21 heavy (non-hydrogen) atoms. The van der Waals surface area contributed by atoms with Gasteiger partial charge >= 0.3 is 5.97 Å². The Labute approximate surface area is 131 Å². The molecule has 110 valence electrons. The van der Waals surface area contributed by atoms with E-state index in [0.717, 1.165) is 11.3 Å². The van der Waals surface area contributed by atoms with Gasteiger partial charge in [-0.2, -0.15) is 11.8 Å². The largest absolute Gasteiger partial charge is 0.479 e. The first kappa shape index (κ1) is 15.6. The minimum absolute atomic E-state index is 0.383. The van der Waals surface area contributed by atoms with Crippen LogP contribution >= 0.6 is 23.1 Å². The highest BCUT2D eigenvalue weighted by Gasteiger charge is 2.23. The third kappa shape index (κ3) is 4.09. The van der Waals surface area contributed by atoms with Gasteiger partial charge in [-0.3, -0.25) is 4.79 Å². The van der Waals surface area contributed by atoms with Gasteiger partial charge in [0.15, 0.2) is 6.04 Å². The first-order valence-corrected chi connectivity index (χ1v) is 8.54. The minimum Gasteiger partial charge on any atom is -0.479 e. The van der Waals surface area contributed by atoms with E-state index in [1.165, 1.54) is 11.3 Å². The molecule has 1 aromatic heterocycles. The number of thioether (sulfide) groups is 1. The molecule has 0 saturated carbocycles. The van der Waals surface area contributed by atoms with Crippen molar-refractivity contribution in [3.8, 4) is 0 Å². The first-order chi connectivity index (χ1) is 10.1. The van der Waals surface area contributed by atoms with Crippen molar-refractivity contribution >= 4 is 35.0 Å². The van der Waals surface area contributed by atoms with Gasteiger partial charge in [0.05, 0.1) is 0 Å². The number of benzene rings is 1. The molecule has 1 aromatic carbocycles. The van der Waals surface area contributed by atoms with E-state index in [4.69, 9.17) is 0 Å². The summed E-state index contributed by atoms with van der Waals surface area (Å²) in [6, 6.07) is 9.65. The summed E-state index contributed by atoms with van der Waals surface area (Å²) in [5, 5.41) is 13.6. The number of thiophene rings is 1. The standard InChI is InChI=1S/C15H15NO3S2/c1-20-9-10-4-6-11(7-5-10)14(17)16-13(15(18)19)12-3-2-8-21-12/h2-8,13H,9H2,1H3,(H,16,17)(H,18,19). The third-order valence-corrected chi connectivity index (χ3v) is 4.44. The Morgan fingerprint density at radius 3 is 2.52 bits per heavy atom. The van der Waals surface area contributed by atoms with Gasteiger partial charge in [0.25, 0.3) is 5.91 Å². The number of rotatable bonds is 6. The quantitative estimate of drug-likeness (QED) is 0.857. The van der Waals surface area contributed by atoms with Crippen LogP contribution in [0.2, 0.25) is 0 Å². The molecule has 1 heterocycles. The Morgan fingerprint density at radius 2 is 2.00 bits per heavy atom. The number of aliphatic carboxylic acids is 1. The molecule has 1 amide bonds. The van der Waals surface area contributed by atoms with Gasteiger partial charge in [-0.25, -0.2) is 4.79 Å². The van der Waals surface area contributed by atoms with Crippen molar-refractivity contribution in [2.75, 3.05) is 6.26 Å². The highest BCUT2D eigenvalue weighted by molar-refractivity contribution is 7.97. The van der Waals surface area contributed by atoms with Gasteiger partial charge < -0.3 is 10.4 Å². The van der Waals surface area contributed by atoms with Crippen LogP contribution in [0, 0.1) is 0 Å². The zero-order chi connectivity index (χ0) is 15.2. The molecule has 0 spiro atoms. The van der Waals surface area contributed by atoms with Gasteiger partial charge in [0, 0.05) is 16.2 Å². The molecule has 0 saturated heterocycles. The van der Waals surface area contributed by atoms with Crippen LogP contribution in [0.1, 0.15) is 26.8 Å². The number of nitrogens with one attached hydrogen (secondary N) is 1. The van der Waals surface area contributed by atoms with E-state index in [2.05, 4.69) is 5.32 Å². The Balaban J connectivity index is 2.10. The number of hydrogen-bond donors (Lipinski definition) is 2. The first-order valence-electron chi connectivity index (χ1n) is 6.26. The summed E-state index contributed by atoms with van der Waals surface area (Å²) in [5.41, 5.74) is 1.59. The number of carboxylic acids is 1. The maximum atomic E-state index is 12.1. The van der Waals surface area contributed by atoms with Crippen molar-refractivity contribution in [3.05, 3.63) is 57.8 Å². The fraction of sp³-hybridized carbons (Fsp3) is 0.200. The summed E-state index contributed by atoms with van der Waals surface area (Å²) in [6.07, 6.45) is 2.01. The second kappa shape index (κ2) is 7.28. The SMILES string of the molecule is CSCc1ccc(C(=O)NC(C(=O)O)c2cccs2)cc1. The molecular weight excluding hydrogens is 306 g/mol. The average Bonchev–Trinajstić information content (AvgIpc) is 2.99. The number of carbonyl (C=O) groups excluding carboxylic acids is 1. The van der Waals surface area contributed by atoms with Crippen LogP contribution in [0.25, 0.3) is 0 Å². The molecule has 4 nitrogen and oxygen atoms in total. The van der Waals surface area contributed by atoms with Gasteiger partial charge in [0.1, 0.15) is 0 Å². The van der Waals surface area contributed by atoms with Crippen LogP contribution in [-0.4, -0.2) is 23.2 Å². The Bertz CT molecular complexity index is 608. The van der Waals surface area contributed by atoms with E-state index in [0.29, 0.717) is 10.4 Å². The maximum Gasteiger partial charge on any atom is 0.331 e. The number of carboxylic acid groups (broad SMARTS) is 1. The molecule has 1 unspecified atom stereocenters. The molecule has 0 aliphatic carbocycles. The lowest BCUT2D eigenvalue weighted by molar-refractivity contribution is -0.139. The second-order valence-electron chi connectivity index (χ2n) is 4.39. The predicted molar refractivity (Wildman–Crippen MR) is 85.8 cm³/mol. The van der Waals surface area contributed by atoms with Crippen LogP contribution in [0.15, 0.2) is 41.8 Å². The molecule has 2 rings (SSSR count). The fourth-order valence-electron chi connectivity index (χ4n) is 1.84. The van der Waals surface area contributed by atoms with E-state index in [9.17, 15) is 14.7 Å². The van der Waals surface area contributed by atoms with E-state index in [1.807, 2.05) is 18.4 Å². The Morgan fingerprint density at radius 1 is 1.29 bits per heavy atom. The second-order valence-corrected chi connectivity index (χ2v) is 6.24. The van der Waals surface area contributed by atoms with Crippen molar-refractivity contribution in [2.24, 2.45) is 0 Å². The average molecular weight is 321 g/mol. The van der Waals surface area contributed by atoms with Crippen LogP contribution in [0.3, 0.4) is 0 Å². The van der Waals surface area contributed by atoms with E-state index in [1.54, 1.807) is 41.4 Å². The molecule has 0 radical (unpaired) electrons.